The van der Waals surface area contributed by atoms with Crippen molar-refractivity contribution in [3.63, 3.8) is 0 Å². The third kappa shape index (κ3) is 1.93. The van der Waals surface area contributed by atoms with E-state index in [9.17, 15) is 9.59 Å². The summed E-state index contributed by atoms with van der Waals surface area (Å²) >= 11 is 0. The molecule has 1 saturated heterocycles. The predicted octanol–water partition coefficient (Wildman–Crippen LogP) is 1.26. The lowest BCUT2D eigenvalue weighted by Crippen LogP contribution is -2.40. The molecule has 0 saturated carbocycles. The molecular formula is C14H15N3O3. The molecule has 1 N–H and O–H groups in total. The van der Waals surface area contributed by atoms with E-state index in [0.717, 1.165) is 17.5 Å². The maximum Gasteiger partial charge on any atom is 0.326 e. The van der Waals surface area contributed by atoms with Crippen LogP contribution in [0.2, 0.25) is 0 Å². The van der Waals surface area contributed by atoms with Crippen molar-refractivity contribution >= 4 is 22.9 Å². The first-order chi connectivity index (χ1) is 9.58. The molecule has 6 heteroatoms. The average molecular weight is 273 g/mol. The number of aromatic nitrogens is 2. The predicted molar refractivity (Wildman–Crippen MR) is 72.4 cm³/mol. The Morgan fingerprint density at radius 2 is 2.20 bits per heavy atom. The van der Waals surface area contributed by atoms with E-state index in [1.807, 2.05) is 17.7 Å². The van der Waals surface area contributed by atoms with E-state index >= 15 is 0 Å². The highest BCUT2D eigenvalue weighted by molar-refractivity contribution is 5.99. The number of amides is 1. The molecule has 1 fully saturated rings. The maximum absolute atomic E-state index is 12.4. The summed E-state index contributed by atoms with van der Waals surface area (Å²) in [4.78, 5) is 29.2. The molecule has 3 rings (SSSR count). The van der Waals surface area contributed by atoms with Crippen LogP contribution < -0.4 is 0 Å². The highest BCUT2D eigenvalue weighted by Gasteiger charge is 2.34. The van der Waals surface area contributed by atoms with Gasteiger partial charge < -0.3 is 14.6 Å². The van der Waals surface area contributed by atoms with Crippen LogP contribution in [0.15, 0.2) is 24.5 Å². The van der Waals surface area contributed by atoms with E-state index in [1.54, 1.807) is 18.5 Å². The Balaban J connectivity index is 1.94. The summed E-state index contributed by atoms with van der Waals surface area (Å²) in [6, 6.07) is 4.57. The quantitative estimate of drug-likeness (QED) is 0.893. The standard InChI is InChI=1S/C14H15N3O3/c1-16-8-15-10-7-9(4-5-11(10)16)13(18)17-6-2-3-12(17)14(19)20/h4-5,7-8,12H,2-3,6H2,1H3,(H,19,20)/t12-/m1/s1. The van der Waals surface area contributed by atoms with E-state index in [0.29, 0.717) is 18.5 Å². The van der Waals surface area contributed by atoms with Crippen molar-refractivity contribution in [2.75, 3.05) is 6.54 Å². The monoisotopic (exact) mass is 273 g/mol. The van der Waals surface area contributed by atoms with Crippen LogP contribution >= 0.6 is 0 Å². The van der Waals surface area contributed by atoms with Gasteiger partial charge in [0.05, 0.1) is 17.4 Å². The van der Waals surface area contributed by atoms with Crippen molar-refractivity contribution in [2.45, 2.75) is 18.9 Å². The fourth-order valence-electron chi connectivity index (χ4n) is 2.70. The number of carboxylic acids is 1. The van der Waals surface area contributed by atoms with Crippen LogP contribution in [0, 0.1) is 0 Å². The smallest absolute Gasteiger partial charge is 0.326 e. The first-order valence-corrected chi connectivity index (χ1v) is 6.53. The zero-order chi connectivity index (χ0) is 14.3. The van der Waals surface area contributed by atoms with Crippen molar-refractivity contribution < 1.29 is 14.7 Å². The molecule has 1 aromatic heterocycles. The number of fused-ring (bicyclic) bond motifs is 1. The number of likely N-dealkylation sites (tertiary alicyclic amines) is 1. The maximum atomic E-state index is 12.4. The van der Waals surface area contributed by atoms with Gasteiger partial charge >= 0.3 is 5.97 Å². The van der Waals surface area contributed by atoms with E-state index in [1.165, 1.54) is 4.90 Å². The number of aryl methyl sites for hydroxylation is 1. The van der Waals surface area contributed by atoms with Crippen LogP contribution in [0.4, 0.5) is 0 Å². The molecule has 20 heavy (non-hydrogen) atoms. The van der Waals surface area contributed by atoms with Crippen molar-refractivity contribution in [2.24, 2.45) is 7.05 Å². The van der Waals surface area contributed by atoms with E-state index < -0.39 is 12.0 Å². The van der Waals surface area contributed by atoms with E-state index in [-0.39, 0.29) is 5.91 Å². The topological polar surface area (TPSA) is 75.4 Å². The number of rotatable bonds is 2. The molecule has 0 radical (unpaired) electrons. The Kier molecular flexibility index (Phi) is 2.93. The van der Waals surface area contributed by atoms with Crippen molar-refractivity contribution in [3.05, 3.63) is 30.1 Å². The SMILES string of the molecule is Cn1cnc2cc(C(=O)N3CCC[C@@H]3C(=O)O)ccc21. The second-order valence-electron chi connectivity index (χ2n) is 5.05. The first-order valence-electron chi connectivity index (χ1n) is 6.53. The van der Waals surface area contributed by atoms with Crippen LogP contribution in [0.3, 0.4) is 0 Å². The van der Waals surface area contributed by atoms with Crippen LogP contribution in [0.5, 0.6) is 0 Å². The number of carbonyl (C=O) groups excluding carboxylic acids is 1. The van der Waals surface area contributed by atoms with Gasteiger partial charge in [-0.2, -0.15) is 0 Å². The summed E-state index contributed by atoms with van der Waals surface area (Å²) in [5, 5.41) is 9.14. The first kappa shape index (κ1) is 12.7. The van der Waals surface area contributed by atoms with Crippen LogP contribution in [0.25, 0.3) is 11.0 Å². The molecule has 2 heterocycles. The molecule has 1 amide bonds. The third-order valence-electron chi connectivity index (χ3n) is 3.77. The van der Waals surface area contributed by atoms with Gasteiger partial charge in [0.25, 0.3) is 5.91 Å². The lowest BCUT2D eigenvalue weighted by molar-refractivity contribution is -0.141. The minimum Gasteiger partial charge on any atom is -0.480 e. The van der Waals surface area contributed by atoms with Gasteiger partial charge in [-0.3, -0.25) is 4.79 Å². The van der Waals surface area contributed by atoms with Gasteiger partial charge in [0.2, 0.25) is 0 Å². The number of aliphatic carboxylic acids is 1. The summed E-state index contributed by atoms with van der Waals surface area (Å²) in [5.41, 5.74) is 2.17. The van der Waals surface area contributed by atoms with Gasteiger partial charge in [-0.1, -0.05) is 0 Å². The largest absolute Gasteiger partial charge is 0.480 e. The number of benzene rings is 1. The van der Waals surface area contributed by atoms with Crippen molar-refractivity contribution in [3.8, 4) is 0 Å². The number of hydrogen-bond acceptors (Lipinski definition) is 3. The highest BCUT2D eigenvalue weighted by Crippen LogP contribution is 2.22. The Morgan fingerprint density at radius 1 is 1.40 bits per heavy atom. The van der Waals surface area contributed by atoms with E-state index in [2.05, 4.69) is 4.98 Å². The minimum atomic E-state index is -0.935. The second kappa shape index (κ2) is 4.63. The van der Waals surface area contributed by atoms with E-state index in [4.69, 9.17) is 5.11 Å². The molecule has 1 aromatic carbocycles. The fourth-order valence-corrected chi connectivity index (χ4v) is 2.70. The summed E-state index contributed by atoms with van der Waals surface area (Å²) in [5.74, 6) is -1.17. The minimum absolute atomic E-state index is 0.234. The molecule has 0 bridgehead atoms. The zero-order valence-corrected chi connectivity index (χ0v) is 11.1. The van der Waals surface area contributed by atoms with Gasteiger partial charge in [-0.25, -0.2) is 9.78 Å². The second-order valence-corrected chi connectivity index (χ2v) is 5.05. The lowest BCUT2D eigenvalue weighted by atomic mass is 10.1. The van der Waals surface area contributed by atoms with Crippen LogP contribution in [0.1, 0.15) is 23.2 Å². The van der Waals surface area contributed by atoms with Gasteiger partial charge in [0.15, 0.2) is 0 Å². The molecule has 104 valence electrons. The van der Waals surface area contributed by atoms with Gasteiger partial charge in [0, 0.05) is 19.2 Å². The van der Waals surface area contributed by atoms with Crippen molar-refractivity contribution in [1.29, 1.82) is 0 Å². The molecule has 2 aromatic rings. The van der Waals surface area contributed by atoms with Gasteiger partial charge in [-0.15, -0.1) is 0 Å². The summed E-state index contributed by atoms with van der Waals surface area (Å²) in [6.07, 6.45) is 2.94. The number of imidazole rings is 1. The molecule has 0 unspecified atom stereocenters. The molecule has 1 aliphatic rings. The Morgan fingerprint density at radius 3 is 2.95 bits per heavy atom. The average Bonchev–Trinajstić information content (AvgIpc) is 3.05. The molecule has 1 aliphatic heterocycles. The fraction of sp³-hybridized carbons (Fsp3) is 0.357. The van der Waals surface area contributed by atoms with Crippen LogP contribution in [-0.2, 0) is 11.8 Å². The zero-order valence-electron chi connectivity index (χ0n) is 11.1. The Labute approximate surface area is 115 Å². The summed E-state index contributed by atoms with van der Waals surface area (Å²) in [7, 11) is 1.89. The molecule has 0 spiro atoms. The third-order valence-corrected chi connectivity index (χ3v) is 3.77. The van der Waals surface area contributed by atoms with Crippen LogP contribution in [-0.4, -0.2) is 44.0 Å². The number of hydrogen-bond donors (Lipinski definition) is 1. The normalized spacial score (nSPS) is 18.6. The molecular weight excluding hydrogens is 258 g/mol. The number of carboxylic acid groups (broad SMARTS) is 1. The lowest BCUT2D eigenvalue weighted by Gasteiger charge is -2.21. The molecule has 0 aliphatic carbocycles. The molecule has 6 nitrogen and oxygen atoms in total. The Hall–Kier alpha value is -2.37. The summed E-state index contributed by atoms with van der Waals surface area (Å²) < 4.78 is 1.87. The number of carbonyl (C=O) groups is 2. The van der Waals surface area contributed by atoms with Crippen molar-refractivity contribution in [1.82, 2.24) is 14.5 Å². The number of nitrogens with zero attached hydrogens (tertiary/aromatic N) is 3. The summed E-state index contributed by atoms with van der Waals surface area (Å²) in [6.45, 7) is 0.496. The van der Waals surface area contributed by atoms with Gasteiger partial charge in [-0.05, 0) is 31.0 Å². The molecule has 1 atom stereocenters. The highest BCUT2D eigenvalue weighted by atomic mass is 16.4. The van der Waals surface area contributed by atoms with Gasteiger partial charge in [0.1, 0.15) is 6.04 Å². The Bertz CT molecular complexity index is 692.